The summed E-state index contributed by atoms with van der Waals surface area (Å²) < 4.78 is 11.2. The summed E-state index contributed by atoms with van der Waals surface area (Å²) in [5.41, 5.74) is 4.38. The van der Waals surface area contributed by atoms with Crippen LogP contribution in [0.5, 0.6) is 11.5 Å². The molecular weight excluding hydrogens is 416 g/mol. The summed E-state index contributed by atoms with van der Waals surface area (Å²) in [6.07, 6.45) is 0. The van der Waals surface area contributed by atoms with Crippen molar-refractivity contribution in [3.63, 3.8) is 0 Å². The highest BCUT2D eigenvalue weighted by molar-refractivity contribution is 7.99. The smallest absolute Gasteiger partial charge is 0.230 e. The van der Waals surface area contributed by atoms with Crippen molar-refractivity contribution >= 4 is 29.0 Å². The third-order valence-corrected chi connectivity index (χ3v) is 6.68. The molecule has 0 saturated heterocycles. The number of thioether (sulfide) groups is 1. The molecule has 0 aliphatic carbocycles. The number of benzene rings is 2. The van der Waals surface area contributed by atoms with E-state index in [0.717, 1.165) is 33.3 Å². The van der Waals surface area contributed by atoms with Crippen LogP contribution in [-0.4, -0.2) is 29.9 Å². The summed E-state index contributed by atoms with van der Waals surface area (Å²) in [6.45, 7) is 5.17. The number of amides is 1. The number of nitrogens with one attached hydrogen (secondary N) is 1. The molecule has 0 spiro atoms. The number of carbonyl (C=O) groups excluding carboxylic acids is 1. The number of ether oxygens (including phenoxy) is 2. The summed E-state index contributed by atoms with van der Waals surface area (Å²) in [5.74, 6) is 2.62. The van der Waals surface area contributed by atoms with E-state index in [-0.39, 0.29) is 11.9 Å². The number of rotatable bonds is 7. The first-order valence-corrected chi connectivity index (χ1v) is 11.9. The van der Waals surface area contributed by atoms with Crippen LogP contribution in [0.4, 0.5) is 0 Å². The largest absolute Gasteiger partial charge is 0.486 e. The van der Waals surface area contributed by atoms with Crippen LogP contribution in [0, 0.1) is 6.92 Å². The molecule has 1 aliphatic heterocycles. The van der Waals surface area contributed by atoms with Crippen molar-refractivity contribution in [2.24, 2.45) is 0 Å². The molecule has 1 unspecified atom stereocenters. The fraction of sp³-hybridized carbons (Fsp3) is 0.304. The molecule has 156 valence electrons. The lowest BCUT2D eigenvalue weighted by molar-refractivity contribution is -0.119. The molecule has 0 bridgehead atoms. The Kier molecular flexibility index (Phi) is 6.59. The molecule has 1 aromatic heterocycles. The van der Waals surface area contributed by atoms with Gasteiger partial charge in [-0.1, -0.05) is 35.9 Å². The van der Waals surface area contributed by atoms with E-state index in [0.29, 0.717) is 24.7 Å². The van der Waals surface area contributed by atoms with Crippen molar-refractivity contribution in [2.75, 3.05) is 19.0 Å². The van der Waals surface area contributed by atoms with E-state index in [4.69, 9.17) is 14.5 Å². The van der Waals surface area contributed by atoms with Gasteiger partial charge < -0.3 is 14.8 Å². The van der Waals surface area contributed by atoms with Gasteiger partial charge in [0.2, 0.25) is 5.91 Å². The van der Waals surface area contributed by atoms with E-state index in [1.54, 1.807) is 23.1 Å². The topological polar surface area (TPSA) is 60.5 Å². The van der Waals surface area contributed by atoms with E-state index in [1.165, 1.54) is 5.56 Å². The third-order valence-electron chi connectivity index (χ3n) is 4.78. The molecule has 3 aromatic rings. The zero-order valence-electron chi connectivity index (χ0n) is 17.0. The molecular formula is C23H24N2O3S2. The molecule has 0 saturated carbocycles. The fourth-order valence-corrected chi connectivity index (χ4v) is 4.81. The van der Waals surface area contributed by atoms with Crippen LogP contribution in [0.25, 0.3) is 10.6 Å². The number of aromatic nitrogens is 1. The number of nitrogens with zero attached hydrogens (tertiary/aromatic N) is 1. The van der Waals surface area contributed by atoms with E-state index >= 15 is 0 Å². The number of hydrogen-bond donors (Lipinski definition) is 1. The van der Waals surface area contributed by atoms with Gasteiger partial charge in [0.05, 0.1) is 17.5 Å². The zero-order valence-corrected chi connectivity index (χ0v) is 18.6. The molecule has 5 nitrogen and oxygen atoms in total. The van der Waals surface area contributed by atoms with Gasteiger partial charge in [-0.3, -0.25) is 4.79 Å². The molecule has 2 aromatic carbocycles. The standard InChI is InChI=1S/C23H24N2O3S2/c1-15-3-5-17(6-4-15)23-25-19(13-30-23)12-29-14-22(26)24-16(2)18-7-8-20-21(11-18)28-10-9-27-20/h3-8,11,13,16H,9-10,12,14H2,1-2H3,(H,24,26). The molecule has 1 N–H and O–H groups in total. The Balaban J connectivity index is 1.25. The molecule has 1 amide bonds. The Morgan fingerprint density at radius 1 is 1.17 bits per heavy atom. The van der Waals surface area contributed by atoms with Gasteiger partial charge in [0.1, 0.15) is 18.2 Å². The van der Waals surface area contributed by atoms with Crippen molar-refractivity contribution in [1.29, 1.82) is 0 Å². The summed E-state index contributed by atoms with van der Waals surface area (Å²) >= 11 is 3.21. The van der Waals surface area contributed by atoms with E-state index in [1.807, 2.05) is 25.1 Å². The first-order valence-electron chi connectivity index (χ1n) is 9.86. The van der Waals surface area contributed by atoms with Gasteiger partial charge in [-0.15, -0.1) is 23.1 Å². The van der Waals surface area contributed by atoms with Gasteiger partial charge in [0, 0.05) is 16.7 Å². The lowest BCUT2D eigenvalue weighted by Crippen LogP contribution is -2.28. The lowest BCUT2D eigenvalue weighted by atomic mass is 10.1. The Bertz CT molecular complexity index is 1020. The first kappa shape index (κ1) is 20.8. The third kappa shape index (κ3) is 5.15. The Morgan fingerprint density at radius 2 is 1.93 bits per heavy atom. The predicted octanol–water partition coefficient (Wildman–Crippen LogP) is 5.00. The van der Waals surface area contributed by atoms with Gasteiger partial charge in [0.15, 0.2) is 11.5 Å². The van der Waals surface area contributed by atoms with Gasteiger partial charge in [-0.05, 0) is 31.5 Å². The molecule has 0 radical (unpaired) electrons. The number of fused-ring (bicyclic) bond motifs is 1. The molecule has 4 rings (SSSR count). The minimum atomic E-state index is -0.0960. The number of hydrogen-bond acceptors (Lipinski definition) is 6. The maximum atomic E-state index is 12.4. The van der Waals surface area contributed by atoms with Crippen molar-refractivity contribution in [2.45, 2.75) is 25.6 Å². The lowest BCUT2D eigenvalue weighted by Gasteiger charge is -2.21. The second kappa shape index (κ2) is 9.53. The number of thiazole rings is 1. The zero-order chi connectivity index (χ0) is 20.9. The van der Waals surface area contributed by atoms with Crippen LogP contribution in [0.15, 0.2) is 47.8 Å². The summed E-state index contributed by atoms with van der Waals surface area (Å²) in [4.78, 5) is 17.1. The number of aryl methyl sites for hydroxylation is 1. The van der Waals surface area contributed by atoms with Gasteiger partial charge in [0.25, 0.3) is 0 Å². The molecule has 2 heterocycles. The first-order chi connectivity index (χ1) is 14.6. The summed E-state index contributed by atoms with van der Waals surface area (Å²) in [6, 6.07) is 14.1. The van der Waals surface area contributed by atoms with E-state index < -0.39 is 0 Å². The maximum absolute atomic E-state index is 12.4. The van der Waals surface area contributed by atoms with Gasteiger partial charge >= 0.3 is 0 Å². The van der Waals surface area contributed by atoms with E-state index in [9.17, 15) is 4.79 Å². The van der Waals surface area contributed by atoms with Crippen LogP contribution in [0.2, 0.25) is 0 Å². The Hall–Kier alpha value is -2.51. The molecule has 1 aliphatic rings. The number of carbonyl (C=O) groups is 1. The fourth-order valence-electron chi connectivity index (χ4n) is 3.15. The Labute approximate surface area is 184 Å². The van der Waals surface area contributed by atoms with Crippen molar-refractivity contribution < 1.29 is 14.3 Å². The Morgan fingerprint density at radius 3 is 2.73 bits per heavy atom. The van der Waals surface area contributed by atoms with Crippen LogP contribution in [0.3, 0.4) is 0 Å². The average Bonchev–Trinajstić information content (AvgIpc) is 3.22. The summed E-state index contributed by atoms with van der Waals surface area (Å²) in [5, 5.41) is 6.14. The maximum Gasteiger partial charge on any atom is 0.230 e. The monoisotopic (exact) mass is 440 g/mol. The van der Waals surface area contributed by atoms with Crippen molar-refractivity contribution in [3.8, 4) is 22.1 Å². The van der Waals surface area contributed by atoms with Crippen LogP contribution in [0.1, 0.15) is 29.8 Å². The second-order valence-electron chi connectivity index (χ2n) is 7.20. The van der Waals surface area contributed by atoms with E-state index in [2.05, 4.69) is 41.9 Å². The predicted molar refractivity (Wildman–Crippen MR) is 122 cm³/mol. The van der Waals surface area contributed by atoms with Crippen LogP contribution >= 0.6 is 23.1 Å². The summed E-state index contributed by atoms with van der Waals surface area (Å²) in [7, 11) is 0. The van der Waals surface area contributed by atoms with Crippen molar-refractivity contribution in [1.82, 2.24) is 10.3 Å². The molecule has 1 atom stereocenters. The normalized spacial score (nSPS) is 13.7. The van der Waals surface area contributed by atoms with Gasteiger partial charge in [-0.25, -0.2) is 4.98 Å². The molecule has 30 heavy (non-hydrogen) atoms. The minimum absolute atomic E-state index is 0.0105. The van der Waals surface area contributed by atoms with Crippen LogP contribution in [-0.2, 0) is 10.5 Å². The average molecular weight is 441 g/mol. The highest BCUT2D eigenvalue weighted by atomic mass is 32.2. The minimum Gasteiger partial charge on any atom is -0.486 e. The van der Waals surface area contributed by atoms with Gasteiger partial charge in [-0.2, -0.15) is 0 Å². The molecule has 0 fully saturated rings. The van der Waals surface area contributed by atoms with Crippen LogP contribution < -0.4 is 14.8 Å². The SMILES string of the molecule is Cc1ccc(-c2nc(CSCC(=O)NC(C)c3ccc4c(c3)OCCO4)cs2)cc1. The highest BCUT2D eigenvalue weighted by Crippen LogP contribution is 2.32. The van der Waals surface area contributed by atoms with Crippen molar-refractivity contribution in [3.05, 3.63) is 64.7 Å². The molecule has 7 heteroatoms. The second-order valence-corrected chi connectivity index (χ2v) is 9.04. The quantitative estimate of drug-likeness (QED) is 0.560. The highest BCUT2D eigenvalue weighted by Gasteiger charge is 2.16.